The Bertz CT molecular complexity index is 322. The van der Waals surface area contributed by atoms with Crippen molar-refractivity contribution < 1.29 is 9.53 Å². The Morgan fingerprint density at radius 2 is 2.40 bits per heavy atom. The maximum atomic E-state index is 11.6. The van der Waals surface area contributed by atoms with Gasteiger partial charge < -0.3 is 4.74 Å². The van der Waals surface area contributed by atoms with Crippen molar-refractivity contribution in [2.75, 3.05) is 7.11 Å². The zero-order valence-corrected chi connectivity index (χ0v) is 10.3. The van der Waals surface area contributed by atoms with Crippen molar-refractivity contribution in [3.8, 4) is 0 Å². The number of thiazole rings is 1. The van der Waals surface area contributed by atoms with Crippen LogP contribution in [0.25, 0.3) is 0 Å². The molecule has 0 spiro atoms. The van der Waals surface area contributed by atoms with Crippen LogP contribution in [0.3, 0.4) is 0 Å². The second kappa shape index (κ2) is 5.98. The van der Waals surface area contributed by atoms with Crippen molar-refractivity contribution in [1.29, 1.82) is 0 Å². The minimum Gasteiger partial charge on any atom is -0.382 e. The van der Waals surface area contributed by atoms with Gasteiger partial charge in [-0.15, -0.1) is 11.3 Å². The van der Waals surface area contributed by atoms with Crippen molar-refractivity contribution in [1.82, 2.24) is 4.98 Å². The number of rotatable bonds is 6. The monoisotopic (exact) mass is 227 g/mol. The first-order valence-corrected chi connectivity index (χ1v) is 5.95. The van der Waals surface area contributed by atoms with Gasteiger partial charge in [0.2, 0.25) is 0 Å². The number of carbonyl (C=O) groups is 1. The number of hydrogen-bond acceptors (Lipinski definition) is 4. The quantitative estimate of drug-likeness (QED) is 0.749. The smallest absolute Gasteiger partial charge is 0.138 e. The molecule has 0 bridgehead atoms. The average molecular weight is 227 g/mol. The van der Waals surface area contributed by atoms with Gasteiger partial charge in [0.1, 0.15) is 5.78 Å². The molecular formula is C11H17NO2S. The highest BCUT2D eigenvalue weighted by Crippen LogP contribution is 2.10. The van der Waals surface area contributed by atoms with Gasteiger partial charge in [-0.25, -0.2) is 4.98 Å². The van der Waals surface area contributed by atoms with Crippen LogP contribution in [0.15, 0.2) is 5.38 Å². The molecule has 0 N–H and O–H groups in total. The third kappa shape index (κ3) is 4.53. The molecule has 1 aromatic heterocycles. The summed E-state index contributed by atoms with van der Waals surface area (Å²) in [5.74, 6) is 0.240. The fourth-order valence-corrected chi connectivity index (χ4v) is 1.87. The molecule has 1 aromatic rings. The van der Waals surface area contributed by atoms with Crippen LogP contribution in [0, 0.1) is 6.92 Å². The molecule has 1 rings (SSSR count). The van der Waals surface area contributed by atoms with Crippen molar-refractivity contribution in [2.45, 2.75) is 39.2 Å². The molecule has 0 saturated carbocycles. The molecule has 84 valence electrons. The molecule has 0 saturated heterocycles. The first-order chi connectivity index (χ1) is 7.11. The van der Waals surface area contributed by atoms with Crippen LogP contribution in [-0.2, 0) is 16.0 Å². The molecule has 4 heteroatoms. The maximum Gasteiger partial charge on any atom is 0.138 e. The molecule has 0 aliphatic carbocycles. The Hall–Kier alpha value is -0.740. The third-order valence-electron chi connectivity index (χ3n) is 2.28. The molecule has 0 radical (unpaired) electrons. The SMILES string of the molecule is COC(C)CCC(=O)Cc1csc(C)n1. The molecule has 0 amide bonds. The molecule has 0 fully saturated rings. The Morgan fingerprint density at radius 1 is 1.67 bits per heavy atom. The van der Waals surface area contributed by atoms with Gasteiger partial charge in [-0.1, -0.05) is 0 Å². The minimum absolute atomic E-state index is 0.158. The van der Waals surface area contributed by atoms with Gasteiger partial charge in [-0.05, 0) is 20.3 Å². The maximum absolute atomic E-state index is 11.6. The predicted molar refractivity (Wildman–Crippen MR) is 61.3 cm³/mol. The summed E-state index contributed by atoms with van der Waals surface area (Å²) in [5.41, 5.74) is 0.896. The van der Waals surface area contributed by atoms with Gasteiger partial charge in [0.25, 0.3) is 0 Å². The Kier molecular flexibility index (Phi) is 4.91. The number of Topliss-reactive ketones (excluding diaryl/α,β-unsaturated/α-hetero) is 1. The Balaban J connectivity index is 2.30. The molecular weight excluding hydrogens is 210 g/mol. The highest BCUT2D eigenvalue weighted by Gasteiger charge is 2.08. The van der Waals surface area contributed by atoms with Crippen molar-refractivity contribution in [3.63, 3.8) is 0 Å². The van der Waals surface area contributed by atoms with Crippen LogP contribution in [0.4, 0.5) is 0 Å². The lowest BCUT2D eigenvalue weighted by Gasteiger charge is -2.07. The first kappa shape index (κ1) is 12.3. The number of carbonyl (C=O) groups excluding carboxylic acids is 1. The van der Waals surface area contributed by atoms with Gasteiger partial charge in [0.05, 0.1) is 16.8 Å². The van der Waals surface area contributed by atoms with Crippen molar-refractivity contribution >= 4 is 17.1 Å². The molecule has 3 nitrogen and oxygen atoms in total. The molecule has 0 aromatic carbocycles. The van der Waals surface area contributed by atoms with E-state index in [4.69, 9.17) is 4.74 Å². The zero-order valence-electron chi connectivity index (χ0n) is 9.45. The van der Waals surface area contributed by atoms with E-state index in [1.165, 1.54) is 0 Å². The Morgan fingerprint density at radius 3 is 2.93 bits per heavy atom. The molecule has 1 heterocycles. The van der Waals surface area contributed by atoms with E-state index in [1.807, 2.05) is 19.2 Å². The van der Waals surface area contributed by atoms with E-state index in [0.717, 1.165) is 17.1 Å². The number of nitrogens with zero attached hydrogens (tertiary/aromatic N) is 1. The molecule has 0 aliphatic heterocycles. The molecule has 1 atom stereocenters. The number of ketones is 1. The van der Waals surface area contributed by atoms with Gasteiger partial charge in [-0.3, -0.25) is 4.79 Å². The van der Waals surface area contributed by atoms with Crippen LogP contribution < -0.4 is 0 Å². The van der Waals surface area contributed by atoms with E-state index in [2.05, 4.69) is 4.98 Å². The summed E-state index contributed by atoms with van der Waals surface area (Å²) in [4.78, 5) is 15.8. The first-order valence-electron chi connectivity index (χ1n) is 5.07. The summed E-state index contributed by atoms with van der Waals surface area (Å²) in [7, 11) is 1.67. The van der Waals surface area contributed by atoms with E-state index in [9.17, 15) is 4.79 Å². The van der Waals surface area contributed by atoms with Crippen molar-refractivity contribution in [2.24, 2.45) is 0 Å². The lowest BCUT2D eigenvalue weighted by Crippen LogP contribution is -2.10. The second-order valence-electron chi connectivity index (χ2n) is 3.66. The standard InChI is InChI=1S/C11H17NO2S/c1-8(14-3)4-5-11(13)6-10-7-15-9(2)12-10/h7-8H,4-6H2,1-3H3. The van der Waals surface area contributed by atoms with Gasteiger partial charge in [0.15, 0.2) is 0 Å². The van der Waals surface area contributed by atoms with E-state index < -0.39 is 0 Å². The van der Waals surface area contributed by atoms with Crippen LogP contribution >= 0.6 is 11.3 Å². The van der Waals surface area contributed by atoms with Crippen LogP contribution in [-0.4, -0.2) is 24.0 Å². The lowest BCUT2D eigenvalue weighted by atomic mass is 10.1. The van der Waals surface area contributed by atoms with E-state index in [-0.39, 0.29) is 11.9 Å². The molecule has 0 aliphatic rings. The van der Waals surface area contributed by atoms with Crippen LogP contribution in [0.5, 0.6) is 0 Å². The summed E-state index contributed by atoms with van der Waals surface area (Å²) >= 11 is 1.59. The summed E-state index contributed by atoms with van der Waals surface area (Å²) in [5, 5.41) is 2.97. The number of aryl methyl sites for hydroxylation is 1. The summed E-state index contributed by atoms with van der Waals surface area (Å²) < 4.78 is 5.09. The van der Waals surface area contributed by atoms with Gasteiger partial charge >= 0.3 is 0 Å². The lowest BCUT2D eigenvalue weighted by molar-refractivity contribution is -0.119. The zero-order chi connectivity index (χ0) is 11.3. The molecule has 15 heavy (non-hydrogen) atoms. The number of ether oxygens (including phenoxy) is 1. The van der Waals surface area contributed by atoms with E-state index >= 15 is 0 Å². The highest BCUT2D eigenvalue weighted by atomic mass is 32.1. The number of methoxy groups -OCH3 is 1. The van der Waals surface area contributed by atoms with Crippen LogP contribution in [0.1, 0.15) is 30.5 Å². The predicted octanol–water partition coefficient (Wildman–Crippen LogP) is 2.38. The average Bonchev–Trinajstić information content (AvgIpc) is 2.60. The van der Waals surface area contributed by atoms with Crippen LogP contribution in [0.2, 0.25) is 0 Å². The Labute approximate surface area is 94.5 Å². The number of hydrogen-bond donors (Lipinski definition) is 0. The van der Waals surface area contributed by atoms with Gasteiger partial charge in [0, 0.05) is 25.3 Å². The normalized spacial score (nSPS) is 12.7. The summed E-state index contributed by atoms with van der Waals surface area (Å²) in [6.07, 6.45) is 1.98. The third-order valence-corrected chi connectivity index (χ3v) is 3.10. The fourth-order valence-electron chi connectivity index (χ4n) is 1.26. The highest BCUT2D eigenvalue weighted by molar-refractivity contribution is 7.09. The second-order valence-corrected chi connectivity index (χ2v) is 4.72. The minimum atomic E-state index is 0.158. The van der Waals surface area contributed by atoms with Crippen molar-refractivity contribution in [3.05, 3.63) is 16.1 Å². The summed E-state index contributed by atoms with van der Waals surface area (Å²) in [6.45, 7) is 3.92. The number of aromatic nitrogens is 1. The van der Waals surface area contributed by atoms with Gasteiger partial charge in [-0.2, -0.15) is 0 Å². The summed E-state index contributed by atoms with van der Waals surface area (Å²) in [6, 6.07) is 0. The molecule has 1 unspecified atom stereocenters. The van der Waals surface area contributed by atoms with E-state index in [0.29, 0.717) is 12.8 Å². The van der Waals surface area contributed by atoms with E-state index in [1.54, 1.807) is 18.4 Å². The topological polar surface area (TPSA) is 39.2 Å². The fraction of sp³-hybridized carbons (Fsp3) is 0.636. The largest absolute Gasteiger partial charge is 0.382 e.